The Bertz CT molecular complexity index is 782. The number of rotatable bonds is 4. The molecule has 0 saturated carbocycles. The molecule has 0 unspecified atom stereocenters. The number of aromatic hydroxyl groups is 4. The van der Waals surface area contributed by atoms with E-state index in [9.17, 15) is 30.3 Å². The lowest BCUT2D eigenvalue weighted by Gasteiger charge is -2.15. The van der Waals surface area contributed by atoms with Crippen LogP contribution in [0.1, 0.15) is 15.9 Å². The van der Waals surface area contributed by atoms with E-state index in [2.05, 4.69) is 0 Å². The van der Waals surface area contributed by atoms with Crippen molar-refractivity contribution >= 4 is 5.97 Å². The number of carboxylic acid groups (broad SMARTS) is 1. The molecule has 0 aliphatic heterocycles. The molecule has 0 bridgehead atoms. The Morgan fingerprint density at radius 2 is 1.61 bits per heavy atom. The van der Waals surface area contributed by atoms with Gasteiger partial charge in [-0.05, 0) is 18.2 Å². The van der Waals surface area contributed by atoms with Gasteiger partial charge in [0.05, 0.1) is 13.7 Å². The number of carbonyl (C=O) groups is 1. The molecule has 6 N–H and O–H groups in total. The van der Waals surface area contributed by atoms with Gasteiger partial charge in [0.25, 0.3) is 0 Å². The van der Waals surface area contributed by atoms with E-state index < -0.39 is 41.1 Å². The van der Waals surface area contributed by atoms with Crippen LogP contribution in [0.25, 0.3) is 11.1 Å². The number of hydrogen-bond acceptors (Lipinski definition) is 7. The van der Waals surface area contributed by atoms with Crippen LogP contribution in [0.3, 0.4) is 0 Å². The van der Waals surface area contributed by atoms with Crippen molar-refractivity contribution in [3.63, 3.8) is 0 Å². The fourth-order valence-electron chi connectivity index (χ4n) is 2.20. The molecule has 0 saturated heterocycles. The summed E-state index contributed by atoms with van der Waals surface area (Å²) in [4.78, 5) is 11.1. The number of hydrogen-bond donors (Lipinski definition) is 6. The fraction of sp³-hybridized carbons (Fsp3) is 0.133. The average molecular weight is 322 g/mol. The standard InChI is InChI=1S/C15H14O8/c1-23-14-11(18)6(5-16)2-8(13(14)20)9-3-7(17)4-10(12(9)19)15(21)22/h2-4,16-20H,5H2,1H3,(H,21,22). The Balaban J connectivity index is 2.84. The molecule has 122 valence electrons. The van der Waals surface area contributed by atoms with Gasteiger partial charge in [0.15, 0.2) is 11.5 Å². The lowest BCUT2D eigenvalue weighted by molar-refractivity contribution is 0.0693. The van der Waals surface area contributed by atoms with Gasteiger partial charge in [-0.2, -0.15) is 0 Å². The highest BCUT2D eigenvalue weighted by Gasteiger charge is 2.23. The molecule has 0 aromatic heterocycles. The van der Waals surface area contributed by atoms with Crippen molar-refractivity contribution in [2.75, 3.05) is 7.11 Å². The van der Waals surface area contributed by atoms with Crippen LogP contribution in [-0.4, -0.2) is 43.7 Å². The molecule has 0 aliphatic rings. The van der Waals surface area contributed by atoms with E-state index in [4.69, 9.17) is 9.84 Å². The summed E-state index contributed by atoms with van der Waals surface area (Å²) in [6, 6.07) is 3.03. The fourth-order valence-corrected chi connectivity index (χ4v) is 2.20. The quantitative estimate of drug-likeness (QED) is 0.462. The summed E-state index contributed by atoms with van der Waals surface area (Å²) in [5.41, 5.74) is -0.918. The van der Waals surface area contributed by atoms with Gasteiger partial charge in [0.2, 0.25) is 5.75 Å². The second-order valence-electron chi connectivity index (χ2n) is 4.67. The van der Waals surface area contributed by atoms with Gasteiger partial charge >= 0.3 is 5.97 Å². The van der Waals surface area contributed by atoms with Crippen LogP contribution in [0.2, 0.25) is 0 Å². The smallest absolute Gasteiger partial charge is 0.339 e. The topological polar surface area (TPSA) is 148 Å². The van der Waals surface area contributed by atoms with Crippen molar-refractivity contribution < 1.29 is 40.2 Å². The number of carboxylic acids is 1. The van der Waals surface area contributed by atoms with E-state index in [1.165, 1.54) is 7.11 Å². The number of phenolic OH excluding ortho intramolecular Hbond substituents is 2. The third-order valence-corrected chi connectivity index (χ3v) is 3.30. The number of aliphatic hydroxyl groups excluding tert-OH is 1. The van der Waals surface area contributed by atoms with E-state index in [1.54, 1.807) is 0 Å². The Morgan fingerprint density at radius 3 is 2.13 bits per heavy atom. The maximum atomic E-state index is 11.1. The van der Waals surface area contributed by atoms with Crippen molar-refractivity contribution in [1.82, 2.24) is 0 Å². The average Bonchev–Trinajstić information content (AvgIpc) is 2.50. The lowest BCUT2D eigenvalue weighted by Crippen LogP contribution is -1.99. The zero-order valence-corrected chi connectivity index (χ0v) is 11.9. The first-order chi connectivity index (χ1) is 10.8. The summed E-state index contributed by atoms with van der Waals surface area (Å²) in [6.45, 7) is -0.596. The molecule has 0 heterocycles. The maximum absolute atomic E-state index is 11.1. The maximum Gasteiger partial charge on any atom is 0.339 e. The van der Waals surface area contributed by atoms with E-state index in [-0.39, 0.29) is 22.4 Å². The largest absolute Gasteiger partial charge is 0.508 e. The molecule has 0 atom stereocenters. The zero-order valence-electron chi connectivity index (χ0n) is 11.9. The molecular weight excluding hydrogens is 308 g/mol. The van der Waals surface area contributed by atoms with Crippen molar-refractivity contribution in [1.29, 1.82) is 0 Å². The van der Waals surface area contributed by atoms with Crippen LogP contribution >= 0.6 is 0 Å². The second-order valence-corrected chi connectivity index (χ2v) is 4.67. The summed E-state index contributed by atoms with van der Waals surface area (Å²) in [6.07, 6.45) is 0. The minimum atomic E-state index is -1.48. The van der Waals surface area contributed by atoms with Crippen LogP contribution in [0.5, 0.6) is 28.7 Å². The number of benzene rings is 2. The molecule has 0 amide bonds. The number of aromatic carboxylic acids is 1. The molecule has 2 rings (SSSR count). The summed E-state index contributed by atoms with van der Waals surface area (Å²) >= 11 is 0. The van der Waals surface area contributed by atoms with Gasteiger partial charge in [0.1, 0.15) is 17.1 Å². The summed E-state index contributed by atoms with van der Waals surface area (Å²) < 4.78 is 4.86. The molecule has 0 spiro atoms. The predicted molar refractivity (Wildman–Crippen MR) is 78.0 cm³/mol. The van der Waals surface area contributed by atoms with Gasteiger partial charge in [-0.15, -0.1) is 0 Å². The predicted octanol–water partition coefficient (Wildman–Crippen LogP) is 1.38. The van der Waals surface area contributed by atoms with Gasteiger partial charge in [-0.1, -0.05) is 0 Å². The number of aliphatic hydroxyl groups is 1. The summed E-state index contributed by atoms with van der Waals surface area (Å²) in [5, 5.41) is 58.1. The number of phenols is 4. The first-order valence-electron chi connectivity index (χ1n) is 6.34. The Morgan fingerprint density at radius 1 is 1.00 bits per heavy atom. The Labute approximate surface area is 130 Å². The highest BCUT2D eigenvalue weighted by Crippen LogP contribution is 2.48. The number of methoxy groups -OCH3 is 1. The molecule has 2 aromatic carbocycles. The molecule has 0 fully saturated rings. The molecule has 2 aromatic rings. The monoisotopic (exact) mass is 322 g/mol. The highest BCUT2D eigenvalue weighted by atomic mass is 16.5. The van der Waals surface area contributed by atoms with Gasteiger partial charge < -0.3 is 35.4 Å². The molecule has 0 aliphatic carbocycles. The summed E-state index contributed by atoms with van der Waals surface area (Å²) in [7, 11) is 1.17. The second kappa shape index (κ2) is 5.93. The minimum absolute atomic E-state index is 0.0192. The van der Waals surface area contributed by atoms with Crippen LogP contribution in [0.4, 0.5) is 0 Å². The third kappa shape index (κ3) is 2.67. The van der Waals surface area contributed by atoms with Crippen LogP contribution in [0, 0.1) is 0 Å². The molecule has 23 heavy (non-hydrogen) atoms. The molecular formula is C15H14O8. The van der Waals surface area contributed by atoms with Gasteiger partial charge in [0, 0.05) is 16.7 Å². The minimum Gasteiger partial charge on any atom is -0.508 e. The molecule has 8 heteroatoms. The zero-order chi connectivity index (χ0) is 17.3. The summed E-state index contributed by atoms with van der Waals surface area (Å²) in [5.74, 6) is -4.05. The first-order valence-corrected chi connectivity index (χ1v) is 6.34. The van der Waals surface area contributed by atoms with Crippen molar-refractivity contribution in [3.05, 3.63) is 29.3 Å². The number of ether oxygens (including phenoxy) is 1. The van der Waals surface area contributed by atoms with Crippen molar-refractivity contribution in [2.45, 2.75) is 6.61 Å². The van der Waals surface area contributed by atoms with Crippen LogP contribution in [0.15, 0.2) is 18.2 Å². The van der Waals surface area contributed by atoms with Crippen LogP contribution in [-0.2, 0) is 6.61 Å². The normalized spacial score (nSPS) is 10.5. The lowest BCUT2D eigenvalue weighted by atomic mass is 9.97. The van der Waals surface area contributed by atoms with Crippen molar-refractivity contribution in [2.24, 2.45) is 0 Å². The first kappa shape index (κ1) is 16.2. The van der Waals surface area contributed by atoms with E-state index in [0.717, 1.165) is 18.2 Å². The Kier molecular flexibility index (Phi) is 4.19. The van der Waals surface area contributed by atoms with E-state index in [0.29, 0.717) is 0 Å². The van der Waals surface area contributed by atoms with E-state index in [1.807, 2.05) is 0 Å². The Hall–Kier alpha value is -3.13. The highest BCUT2D eigenvalue weighted by molar-refractivity contribution is 5.96. The van der Waals surface area contributed by atoms with E-state index >= 15 is 0 Å². The van der Waals surface area contributed by atoms with Crippen molar-refractivity contribution in [3.8, 4) is 39.9 Å². The SMILES string of the molecule is COc1c(O)c(CO)cc(-c2cc(O)cc(C(=O)O)c2O)c1O. The van der Waals surface area contributed by atoms with Gasteiger partial charge in [-0.25, -0.2) is 4.79 Å². The molecule has 0 radical (unpaired) electrons. The van der Waals surface area contributed by atoms with Gasteiger partial charge in [-0.3, -0.25) is 0 Å². The third-order valence-electron chi connectivity index (χ3n) is 3.30. The van der Waals surface area contributed by atoms with Crippen LogP contribution < -0.4 is 4.74 Å². The molecule has 8 nitrogen and oxygen atoms in total.